The minimum Gasteiger partial charge on any atom is -0.378 e. The van der Waals surface area contributed by atoms with E-state index in [1.54, 1.807) is 0 Å². The highest BCUT2D eigenvalue weighted by atomic mass is 15.1. The summed E-state index contributed by atoms with van der Waals surface area (Å²) in [7, 11) is 0. The molecule has 3 nitrogen and oxygen atoms in total. The van der Waals surface area contributed by atoms with E-state index in [4.69, 9.17) is 0 Å². The number of hydrogen-bond donors (Lipinski definition) is 3. The van der Waals surface area contributed by atoms with Crippen LogP contribution in [0.3, 0.4) is 0 Å². The molecule has 1 aromatic heterocycles. The van der Waals surface area contributed by atoms with Gasteiger partial charge in [-0.15, -0.1) is 0 Å². The lowest BCUT2D eigenvalue weighted by Gasteiger charge is -2.35. The van der Waals surface area contributed by atoms with Crippen molar-refractivity contribution in [3.63, 3.8) is 0 Å². The van der Waals surface area contributed by atoms with Gasteiger partial charge in [0.15, 0.2) is 5.54 Å². The van der Waals surface area contributed by atoms with E-state index in [1.807, 2.05) is 0 Å². The number of nitrogens with two attached hydrogens (primary N) is 1. The van der Waals surface area contributed by atoms with E-state index in [1.165, 1.54) is 33.4 Å². The highest BCUT2D eigenvalue weighted by Crippen LogP contribution is 2.41. The molecule has 5 rings (SSSR count). The molecule has 2 aliphatic heterocycles. The first-order valence-electron chi connectivity index (χ1n) is 8.07. The van der Waals surface area contributed by atoms with Gasteiger partial charge in [-0.2, -0.15) is 0 Å². The van der Waals surface area contributed by atoms with Crippen molar-refractivity contribution in [2.45, 2.75) is 24.9 Å². The molecule has 0 aliphatic carbocycles. The van der Waals surface area contributed by atoms with Crippen LogP contribution in [0.25, 0.3) is 10.9 Å². The summed E-state index contributed by atoms with van der Waals surface area (Å²) < 4.78 is 0. The Balaban J connectivity index is 1.84. The zero-order chi connectivity index (χ0) is 14.7. The fraction of sp³-hybridized carbons (Fsp3) is 0.263. The van der Waals surface area contributed by atoms with Crippen LogP contribution in [0.1, 0.15) is 23.7 Å². The summed E-state index contributed by atoms with van der Waals surface area (Å²) in [5.74, 6) is 0. The molecule has 3 heterocycles. The Morgan fingerprint density at radius 3 is 2.86 bits per heavy atom. The molecule has 2 aromatic carbocycles. The average Bonchev–Trinajstić information content (AvgIpc) is 3.08. The molecule has 0 amide bonds. The lowest BCUT2D eigenvalue weighted by Crippen LogP contribution is -3.01. The molecule has 2 aliphatic rings. The molecule has 2 atom stereocenters. The van der Waals surface area contributed by atoms with Crippen LogP contribution in [0.4, 0.5) is 5.69 Å². The van der Waals surface area contributed by atoms with Crippen LogP contribution in [0.2, 0.25) is 0 Å². The number of H-pyrrole nitrogens is 1. The number of benzene rings is 2. The Kier molecular flexibility index (Phi) is 2.32. The fourth-order valence-electron chi connectivity index (χ4n) is 4.47. The fourth-order valence-corrected chi connectivity index (χ4v) is 4.47. The van der Waals surface area contributed by atoms with Crippen molar-refractivity contribution in [2.24, 2.45) is 0 Å². The van der Waals surface area contributed by atoms with Crippen molar-refractivity contribution in [3.05, 3.63) is 65.4 Å². The topological polar surface area (TPSA) is 44.4 Å². The van der Waals surface area contributed by atoms with E-state index >= 15 is 0 Å². The van der Waals surface area contributed by atoms with E-state index in [9.17, 15) is 0 Å². The first kappa shape index (κ1) is 12.3. The maximum atomic E-state index is 3.74. The van der Waals surface area contributed by atoms with Gasteiger partial charge in [0.05, 0.1) is 18.3 Å². The van der Waals surface area contributed by atoms with Crippen LogP contribution in [0.5, 0.6) is 0 Å². The summed E-state index contributed by atoms with van der Waals surface area (Å²) in [4.78, 5) is 3.74. The van der Waals surface area contributed by atoms with E-state index in [0.29, 0.717) is 6.04 Å². The van der Waals surface area contributed by atoms with Gasteiger partial charge in [-0.05, 0) is 24.6 Å². The second kappa shape index (κ2) is 4.14. The Hall–Kier alpha value is -2.26. The van der Waals surface area contributed by atoms with E-state index in [0.717, 1.165) is 13.0 Å². The third-order valence-corrected chi connectivity index (χ3v) is 5.32. The van der Waals surface area contributed by atoms with E-state index in [-0.39, 0.29) is 5.54 Å². The van der Waals surface area contributed by atoms with Crippen LogP contribution in [0, 0.1) is 0 Å². The summed E-state index contributed by atoms with van der Waals surface area (Å²) in [6.45, 7) is 3.30. The van der Waals surface area contributed by atoms with Gasteiger partial charge >= 0.3 is 0 Å². The minimum atomic E-state index is -0.0113. The van der Waals surface area contributed by atoms with Gasteiger partial charge in [-0.3, -0.25) is 0 Å². The number of anilines is 1. The Labute approximate surface area is 129 Å². The molecule has 0 fully saturated rings. The van der Waals surface area contributed by atoms with Crippen LogP contribution in [0.15, 0.2) is 48.5 Å². The maximum Gasteiger partial charge on any atom is 0.182 e. The average molecular weight is 290 g/mol. The molecule has 22 heavy (non-hydrogen) atoms. The molecule has 3 heteroatoms. The number of para-hydroxylation sites is 2. The second-order valence-electron chi connectivity index (χ2n) is 6.74. The minimum absolute atomic E-state index is 0.0113. The van der Waals surface area contributed by atoms with Crippen LogP contribution >= 0.6 is 0 Å². The molecule has 0 saturated carbocycles. The quantitative estimate of drug-likeness (QED) is 0.584. The van der Waals surface area contributed by atoms with Crippen molar-refractivity contribution < 1.29 is 5.32 Å². The van der Waals surface area contributed by atoms with Crippen molar-refractivity contribution in [3.8, 4) is 0 Å². The van der Waals surface area contributed by atoms with Crippen molar-refractivity contribution in [2.75, 3.05) is 11.9 Å². The number of quaternary nitrogens is 1. The highest BCUT2D eigenvalue weighted by Gasteiger charge is 2.50. The van der Waals surface area contributed by atoms with Crippen LogP contribution < -0.4 is 10.6 Å². The van der Waals surface area contributed by atoms with Crippen LogP contribution in [-0.4, -0.2) is 17.6 Å². The summed E-state index contributed by atoms with van der Waals surface area (Å²) in [6.07, 6.45) is 1.13. The number of nitrogens with one attached hydrogen (secondary N) is 2. The van der Waals surface area contributed by atoms with Crippen molar-refractivity contribution >= 4 is 16.6 Å². The molecule has 0 unspecified atom stereocenters. The highest BCUT2D eigenvalue weighted by molar-refractivity contribution is 5.86. The molecule has 1 spiro atoms. The van der Waals surface area contributed by atoms with Gasteiger partial charge in [0.25, 0.3) is 0 Å². The van der Waals surface area contributed by atoms with E-state index in [2.05, 4.69) is 71.1 Å². The zero-order valence-corrected chi connectivity index (χ0v) is 12.7. The molecule has 110 valence electrons. The number of aromatic amines is 1. The van der Waals surface area contributed by atoms with Gasteiger partial charge in [0.2, 0.25) is 0 Å². The van der Waals surface area contributed by atoms with Crippen molar-refractivity contribution in [1.82, 2.24) is 4.98 Å². The molecule has 0 saturated heterocycles. The van der Waals surface area contributed by atoms with Gasteiger partial charge in [0, 0.05) is 28.6 Å². The molecule has 0 bridgehead atoms. The van der Waals surface area contributed by atoms with E-state index < -0.39 is 0 Å². The van der Waals surface area contributed by atoms with Gasteiger partial charge in [-0.1, -0.05) is 36.4 Å². The smallest absolute Gasteiger partial charge is 0.182 e. The standard InChI is InChI=1S/C19H19N3/c1-12-10-14-13-6-2-4-8-16(13)21-18(14)19(22-12)11-20-17-9-5-3-7-15(17)19/h2-9,12,20-22H,10-11H2,1H3/p+1/t12-,19+/m0/s1. The molecule has 0 radical (unpaired) electrons. The van der Waals surface area contributed by atoms with Crippen LogP contribution in [-0.2, 0) is 12.0 Å². The third kappa shape index (κ3) is 1.44. The predicted molar refractivity (Wildman–Crippen MR) is 89.1 cm³/mol. The molecular formula is C19H20N3+. The number of aromatic nitrogens is 1. The predicted octanol–water partition coefficient (Wildman–Crippen LogP) is 2.34. The Bertz CT molecular complexity index is 879. The summed E-state index contributed by atoms with van der Waals surface area (Å²) >= 11 is 0. The monoisotopic (exact) mass is 290 g/mol. The number of hydrogen-bond acceptors (Lipinski definition) is 1. The Morgan fingerprint density at radius 2 is 1.91 bits per heavy atom. The second-order valence-corrected chi connectivity index (χ2v) is 6.74. The Morgan fingerprint density at radius 1 is 1.09 bits per heavy atom. The number of fused-ring (bicyclic) bond motifs is 6. The first-order chi connectivity index (χ1) is 10.8. The normalized spacial score (nSPS) is 26.0. The lowest BCUT2D eigenvalue weighted by atomic mass is 9.80. The van der Waals surface area contributed by atoms with Gasteiger partial charge < -0.3 is 15.6 Å². The third-order valence-electron chi connectivity index (χ3n) is 5.32. The SMILES string of the molecule is C[C@H]1Cc2c([nH]c3ccccc23)[C@]2(CNc3ccccc32)[NH2+]1. The summed E-state index contributed by atoms with van der Waals surface area (Å²) in [6, 6.07) is 18.0. The largest absolute Gasteiger partial charge is 0.378 e. The first-order valence-corrected chi connectivity index (χ1v) is 8.07. The van der Waals surface area contributed by atoms with Gasteiger partial charge in [0.1, 0.15) is 0 Å². The lowest BCUT2D eigenvalue weighted by molar-refractivity contribution is -0.753. The number of rotatable bonds is 0. The summed E-state index contributed by atoms with van der Waals surface area (Å²) in [5, 5.41) is 7.55. The molecule has 3 aromatic rings. The van der Waals surface area contributed by atoms with Gasteiger partial charge in [-0.25, -0.2) is 0 Å². The van der Waals surface area contributed by atoms with Crippen molar-refractivity contribution in [1.29, 1.82) is 0 Å². The summed E-state index contributed by atoms with van der Waals surface area (Å²) in [5.41, 5.74) is 6.83. The maximum absolute atomic E-state index is 3.74. The molecule has 4 N–H and O–H groups in total. The molecular weight excluding hydrogens is 270 g/mol. The zero-order valence-electron chi connectivity index (χ0n) is 12.7.